The Morgan fingerprint density at radius 2 is 1.67 bits per heavy atom. The van der Waals surface area contributed by atoms with Crippen LogP contribution in [0.1, 0.15) is 23.2 Å². The molecule has 1 aromatic heterocycles. The summed E-state index contributed by atoms with van der Waals surface area (Å²) in [5.74, 6) is -0.100. The molecule has 2 aromatic carbocycles. The van der Waals surface area contributed by atoms with E-state index in [1.165, 1.54) is 12.1 Å². The monoisotopic (exact) mass is 372 g/mol. The summed E-state index contributed by atoms with van der Waals surface area (Å²) in [7, 11) is 0. The molecular weight excluding hydrogens is 353 g/mol. The molecule has 3 aromatic rings. The molecule has 3 rings (SSSR count). The van der Waals surface area contributed by atoms with E-state index in [0.717, 1.165) is 34.3 Å². The average Bonchev–Trinajstić information content (AvgIpc) is 2.66. The number of para-hydroxylation sites is 1. The molecule has 0 aliphatic heterocycles. The zero-order chi connectivity index (χ0) is 19.3. The molecule has 0 spiro atoms. The Bertz CT molecular complexity index is 921. The average molecular weight is 372 g/mol. The summed E-state index contributed by atoms with van der Waals surface area (Å²) in [5, 5.41) is 3.85. The fraction of sp³-hybridized carbons (Fsp3) is 0.238. The van der Waals surface area contributed by atoms with Gasteiger partial charge in [-0.25, -0.2) is 0 Å². The second kappa shape index (κ2) is 8.20. The molecule has 0 aliphatic rings. The van der Waals surface area contributed by atoms with Gasteiger partial charge in [-0.1, -0.05) is 36.4 Å². The minimum Gasteiger partial charge on any atom is -0.356 e. The number of aromatic nitrogens is 1. The van der Waals surface area contributed by atoms with Crippen LogP contribution in [-0.4, -0.2) is 17.4 Å². The third-order valence-electron chi connectivity index (χ3n) is 4.28. The third kappa shape index (κ3) is 5.29. The minimum atomic E-state index is -4.33. The van der Waals surface area contributed by atoms with Crippen molar-refractivity contribution in [2.45, 2.75) is 25.4 Å². The Hall–Kier alpha value is -2.89. The Balaban J connectivity index is 1.44. The van der Waals surface area contributed by atoms with Gasteiger partial charge < -0.3 is 5.32 Å². The number of rotatable bonds is 6. The summed E-state index contributed by atoms with van der Waals surface area (Å²) in [6.07, 6.45) is -2.99. The quantitative estimate of drug-likeness (QED) is 0.690. The van der Waals surface area contributed by atoms with Crippen LogP contribution in [0.2, 0.25) is 0 Å². The number of carbonyl (C=O) groups excluding carboxylic acids is 1. The van der Waals surface area contributed by atoms with Gasteiger partial charge in [-0.3, -0.25) is 9.78 Å². The first-order valence-electron chi connectivity index (χ1n) is 8.69. The van der Waals surface area contributed by atoms with Crippen molar-refractivity contribution in [1.29, 1.82) is 0 Å². The minimum absolute atomic E-state index is 0.100. The van der Waals surface area contributed by atoms with Crippen molar-refractivity contribution in [3.05, 3.63) is 77.5 Å². The van der Waals surface area contributed by atoms with Gasteiger partial charge in [-0.15, -0.1) is 0 Å². The molecule has 0 fully saturated rings. The van der Waals surface area contributed by atoms with Crippen LogP contribution in [0.4, 0.5) is 13.2 Å². The third-order valence-corrected chi connectivity index (χ3v) is 4.28. The lowest BCUT2D eigenvalue weighted by molar-refractivity contribution is -0.137. The molecule has 0 aliphatic carbocycles. The lowest BCUT2D eigenvalue weighted by atomic mass is 10.1. The maximum atomic E-state index is 12.5. The summed E-state index contributed by atoms with van der Waals surface area (Å²) in [6.45, 7) is 0.384. The molecule has 0 saturated carbocycles. The van der Waals surface area contributed by atoms with Crippen molar-refractivity contribution in [3.63, 3.8) is 0 Å². The lowest BCUT2D eigenvalue weighted by Gasteiger charge is -2.08. The van der Waals surface area contributed by atoms with E-state index >= 15 is 0 Å². The van der Waals surface area contributed by atoms with Crippen molar-refractivity contribution in [3.8, 4) is 0 Å². The lowest BCUT2D eigenvalue weighted by Crippen LogP contribution is -2.26. The molecule has 1 heterocycles. The molecule has 0 radical (unpaired) electrons. The highest BCUT2D eigenvalue weighted by molar-refractivity contribution is 5.79. The number of nitrogens with one attached hydrogen (secondary N) is 1. The number of fused-ring (bicyclic) bond motifs is 1. The van der Waals surface area contributed by atoms with Gasteiger partial charge in [0.1, 0.15) is 0 Å². The van der Waals surface area contributed by atoms with Crippen LogP contribution < -0.4 is 5.32 Å². The first kappa shape index (κ1) is 18.9. The molecule has 27 heavy (non-hydrogen) atoms. The van der Waals surface area contributed by atoms with E-state index in [1.807, 2.05) is 36.4 Å². The Labute approximate surface area is 155 Å². The van der Waals surface area contributed by atoms with Gasteiger partial charge >= 0.3 is 6.18 Å². The number of aryl methyl sites for hydroxylation is 1. The number of halogens is 3. The second-order valence-corrected chi connectivity index (χ2v) is 6.29. The molecule has 3 nitrogen and oxygen atoms in total. The number of alkyl halides is 3. The van der Waals surface area contributed by atoms with Gasteiger partial charge in [0.25, 0.3) is 0 Å². The number of hydrogen-bond donors (Lipinski definition) is 1. The molecule has 140 valence electrons. The summed E-state index contributed by atoms with van der Waals surface area (Å²) >= 11 is 0. The van der Waals surface area contributed by atoms with E-state index in [0.29, 0.717) is 25.8 Å². The zero-order valence-electron chi connectivity index (χ0n) is 14.6. The highest BCUT2D eigenvalue weighted by Gasteiger charge is 2.29. The zero-order valence-corrected chi connectivity index (χ0v) is 14.6. The Kier molecular flexibility index (Phi) is 5.74. The van der Waals surface area contributed by atoms with E-state index in [4.69, 9.17) is 0 Å². The molecule has 1 amide bonds. The summed E-state index contributed by atoms with van der Waals surface area (Å²) < 4.78 is 37.6. The van der Waals surface area contributed by atoms with Crippen LogP contribution >= 0.6 is 0 Å². The van der Waals surface area contributed by atoms with Crippen molar-refractivity contribution in [2.24, 2.45) is 0 Å². The number of carbonyl (C=O) groups is 1. The summed E-state index contributed by atoms with van der Waals surface area (Å²) in [6, 6.07) is 16.7. The highest BCUT2D eigenvalue weighted by atomic mass is 19.4. The van der Waals surface area contributed by atoms with E-state index in [1.54, 1.807) is 0 Å². The van der Waals surface area contributed by atoms with Crippen LogP contribution in [0, 0.1) is 0 Å². The normalized spacial score (nSPS) is 11.5. The summed E-state index contributed by atoms with van der Waals surface area (Å²) in [5.41, 5.74) is 1.84. The molecule has 1 N–H and O–H groups in total. The van der Waals surface area contributed by atoms with Gasteiger partial charge in [0.05, 0.1) is 11.1 Å². The standard InChI is InChI=1S/C21H19F3N2O/c22-21(23,24)17-8-5-15(6-9-17)13-14-25-20(27)12-11-18-10-7-16-3-1-2-4-19(16)26-18/h1-10H,11-14H2,(H,25,27). The van der Waals surface area contributed by atoms with Crippen LogP contribution in [0.15, 0.2) is 60.7 Å². The smallest absolute Gasteiger partial charge is 0.356 e. The molecule has 0 atom stereocenters. The molecule has 0 saturated heterocycles. The van der Waals surface area contributed by atoms with Gasteiger partial charge in [0, 0.05) is 24.0 Å². The number of pyridine rings is 1. The second-order valence-electron chi connectivity index (χ2n) is 6.29. The van der Waals surface area contributed by atoms with Crippen LogP contribution in [0.25, 0.3) is 10.9 Å². The van der Waals surface area contributed by atoms with E-state index in [9.17, 15) is 18.0 Å². The maximum absolute atomic E-state index is 12.5. The highest BCUT2D eigenvalue weighted by Crippen LogP contribution is 2.29. The first-order valence-corrected chi connectivity index (χ1v) is 8.69. The van der Waals surface area contributed by atoms with Crippen molar-refractivity contribution in [1.82, 2.24) is 10.3 Å². The van der Waals surface area contributed by atoms with Gasteiger partial charge in [0.2, 0.25) is 5.91 Å². The molecular formula is C21H19F3N2O. The van der Waals surface area contributed by atoms with E-state index in [-0.39, 0.29) is 5.91 Å². The number of hydrogen-bond acceptors (Lipinski definition) is 2. The number of benzene rings is 2. The number of amides is 1. The largest absolute Gasteiger partial charge is 0.416 e. The molecule has 0 bridgehead atoms. The predicted octanol–water partition coefficient (Wildman–Crippen LogP) is 4.55. The van der Waals surface area contributed by atoms with Crippen molar-refractivity contribution < 1.29 is 18.0 Å². The fourth-order valence-corrected chi connectivity index (χ4v) is 2.78. The molecule has 0 unspecified atom stereocenters. The van der Waals surface area contributed by atoms with Gasteiger partial charge in [-0.2, -0.15) is 13.2 Å². The van der Waals surface area contributed by atoms with Crippen molar-refractivity contribution >= 4 is 16.8 Å². The Morgan fingerprint density at radius 3 is 2.41 bits per heavy atom. The first-order chi connectivity index (χ1) is 12.9. The van der Waals surface area contributed by atoms with Crippen molar-refractivity contribution in [2.75, 3.05) is 6.54 Å². The van der Waals surface area contributed by atoms with Crippen LogP contribution in [0.3, 0.4) is 0 Å². The van der Waals surface area contributed by atoms with Crippen LogP contribution in [-0.2, 0) is 23.8 Å². The van der Waals surface area contributed by atoms with E-state index < -0.39 is 11.7 Å². The fourth-order valence-electron chi connectivity index (χ4n) is 2.78. The van der Waals surface area contributed by atoms with E-state index in [2.05, 4.69) is 10.3 Å². The maximum Gasteiger partial charge on any atom is 0.416 e. The molecule has 6 heteroatoms. The topological polar surface area (TPSA) is 42.0 Å². The van der Waals surface area contributed by atoms with Gasteiger partial charge in [0.15, 0.2) is 0 Å². The predicted molar refractivity (Wildman–Crippen MR) is 98.2 cm³/mol. The SMILES string of the molecule is O=C(CCc1ccc2ccccc2n1)NCCc1ccc(C(F)(F)F)cc1. The van der Waals surface area contributed by atoms with Gasteiger partial charge in [-0.05, 0) is 42.7 Å². The van der Waals surface area contributed by atoms with Crippen LogP contribution in [0.5, 0.6) is 0 Å². The summed E-state index contributed by atoms with van der Waals surface area (Å²) in [4.78, 5) is 16.5. The number of nitrogens with zero attached hydrogens (tertiary/aromatic N) is 1. The Morgan fingerprint density at radius 1 is 0.926 bits per heavy atom.